The Balaban J connectivity index is 2.52. The van der Waals surface area contributed by atoms with Crippen LogP contribution in [-0.4, -0.2) is 42.6 Å². The zero-order chi connectivity index (χ0) is 14.3. The number of likely N-dealkylation sites (tertiary alicyclic amines) is 1. The maximum absolute atomic E-state index is 12.2. The van der Waals surface area contributed by atoms with Crippen LogP contribution in [0.15, 0.2) is 11.6 Å². The fraction of sp³-hybridized carbons (Fsp3) is 0.714. The second kappa shape index (κ2) is 7.81. The van der Waals surface area contributed by atoms with Gasteiger partial charge in [-0.3, -0.25) is 4.79 Å². The number of hydrogen-bond acceptors (Lipinski definition) is 3. The molecule has 5 heteroatoms. The minimum absolute atomic E-state index is 0.00817. The third-order valence-corrected chi connectivity index (χ3v) is 3.15. The first-order valence-electron chi connectivity index (χ1n) is 6.97. The number of alkyl carbamates (subject to hydrolysis) is 1. The van der Waals surface area contributed by atoms with E-state index in [-0.39, 0.29) is 11.9 Å². The Hall–Kier alpha value is -1.52. The highest BCUT2D eigenvalue weighted by Gasteiger charge is 2.25. The van der Waals surface area contributed by atoms with Crippen molar-refractivity contribution >= 4 is 12.0 Å². The van der Waals surface area contributed by atoms with Crippen LogP contribution >= 0.6 is 0 Å². The lowest BCUT2D eigenvalue weighted by molar-refractivity contribution is -0.128. The number of piperidine rings is 1. The molecule has 1 N–H and O–H groups in total. The van der Waals surface area contributed by atoms with Crippen LogP contribution < -0.4 is 5.32 Å². The van der Waals surface area contributed by atoms with Gasteiger partial charge in [-0.15, -0.1) is 0 Å². The molecule has 1 rings (SSSR count). The van der Waals surface area contributed by atoms with Gasteiger partial charge in [0.1, 0.15) is 0 Å². The van der Waals surface area contributed by atoms with Crippen LogP contribution in [-0.2, 0) is 9.53 Å². The monoisotopic (exact) mass is 268 g/mol. The Labute approximate surface area is 115 Å². The van der Waals surface area contributed by atoms with E-state index in [0.29, 0.717) is 13.2 Å². The zero-order valence-electron chi connectivity index (χ0n) is 12.1. The molecule has 2 amide bonds. The largest absolute Gasteiger partial charge is 0.450 e. The van der Waals surface area contributed by atoms with Crippen LogP contribution in [0.3, 0.4) is 0 Å². The van der Waals surface area contributed by atoms with Crippen molar-refractivity contribution in [3.8, 4) is 0 Å². The molecule has 0 radical (unpaired) electrons. The van der Waals surface area contributed by atoms with E-state index in [9.17, 15) is 9.59 Å². The highest BCUT2D eigenvalue weighted by molar-refractivity contribution is 5.92. The van der Waals surface area contributed by atoms with Crippen molar-refractivity contribution in [3.05, 3.63) is 11.6 Å². The van der Waals surface area contributed by atoms with Gasteiger partial charge in [0.05, 0.1) is 6.61 Å². The first-order chi connectivity index (χ1) is 9.08. The molecule has 0 aromatic heterocycles. The molecule has 5 nitrogen and oxygen atoms in total. The molecule has 1 fully saturated rings. The summed E-state index contributed by atoms with van der Waals surface area (Å²) < 4.78 is 4.86. The predicted octanol–water partition coefficient (Wildman–Crippen LogP) is 2.08. The number of hydrogen-bond donors (Lipinski definition) is 1. The summed E-state index contributed by atoms with van der Waals surface area (Å²) in [7, 11) is 0. The summed E-state index contributed by atoms with van der Waals surface area (Å²) in [6.45, 7) is 7.31. The predicted molar refractivity (Wildman–Crippen MR) is 73.8 cm³/mol. The Morgan fingerprint density at radius 1 is 1.42 bits per heavy atom. The molecule has 0 aliphatic carbocycles. The molecule has 0 bridgehead atoms. The lowest BCUT2D eigenvalue weighted by atomic mass is 10.0. The molecule has 1 aliphatic heterocycles. The molecular formula is C14H24N2O3. The standard InChI is InChI=1S/C14H24N2O3/c1-4-7-11(3)13(17)16-9-6-8-12(10-16)15-14(18)19-5-2/h7,12H,4-6,8-10H2,1-3H3,(H,15,18)/b11-7+/t12-/m1/s1. The number of allylic oxidation sites excluding steroid dienone is 1. The van der Waals surface area contributed by atoms with Crippen LogP contribution in [0.5, 0.6) is 0 Å². The summed E-state index contributed by atoms with van der Waals surface area (Å²) in [5, 5.41) is 2.80. The Kier molecular flexibility index (Phi) is 6.39. The average molecular weight is 268 g/mol. The zero-order valence-corrected chi connectivity index (χ0v) is 12.1. The van der Waals surface area contributed by atoms with E-state index in [2.05, 4.69) is 5.32 Å². The van der Waals surface area contributed by atoms with Gasteiger partial charge in [0, 0.05) is 24.7 Å². The second-order valence-electron chi connectivity index (χ2n) is 4.75. The van der Waals surface area contributed by atoms with Gasteiger partial charge in [-0.25, -0.2) is 4.79 Å². The normalized spacial score (nSPS) is 20.1. The molecule has 108 valence electrons. The van der Waals surface area contributed by atoms with E-state index in [4.69, 9.17) is 4.74 Å². The van der Waals surface area contributed by atoms with E-state index < -0.39 is 6.09 Å². The first kappa shape index (κ1) is 15.5. The number of carbonyl (C=O) groups excluding carboxylic acids is 2. The molecule has 0 spiro atoms. The maximum atomic E-state index is 12.2. The molecular weight excluding hydrogens is 244 g/mol. The lowest BCUT2D eigenvalue weighted by Crippen LogP contribution is -2.49. The minimum atomic E-state index is -0.400. The van der Waals surface area contributed by atoms with E-state index in [0.717, 1.165) is 31.4 Å². The van der Waals surface area contributed by atoms with Crippen molar-refractivity contribution in [1.29, 1.82) is 0 Å². The number of nitrogens with one attached hydrogen (secondary N) is 1. The fourth-order valence-corrected chi connectivity index (χ4v) is 2.26. The molecule has 19 heavy (non-hydrogen) atoms. The Morgan fingerprint density at radius 2 is 2.16 bits per heavy atom. The molecule has 0 saturated carbocycles. The van der Waals surface area contributed by atoms with Gasteiger partial charge in [0.2, 0.25) is 5.91 Å². The number of nitrogens with zero attached hydrogens (tertiary/aromatic N) is 1. The SMILES string of the molecule is CC/C=C(\C)C(=O)N1CCC[C@@H](NC(=O)OCC)C1. The quantitative estimate of drug-likeness (QED) is 0.794. The van der Waals surface area contributed by atoms with Crippen molar-refractivity contribution in [2.75, 3.05) is 19.7 Å². The number of amides is 2. The maximum Gasteiger partial charge on any atom is 0.407 e. The number of carbonyl (C=O) groups is 2. The summed E-state index contributed by atoms with van der Waals surface area (Å²) in [6, 6.07) is -0.00817. The van der Waals surface area contributed by atoms with Gasteiger partial charge < -0.3 is 15.0 Å². The molecule has 1 heterocycles. The van der Waals surface area contributed by atoms with E-state index >= 15 is 0 Å². The van der Waals surface area contributed by atoms with Crippen LogP contribution in [0.25, 0.3) is 0 Å². The summed E-state index contributed by atoms with van der Waals surface area (Å²) in [6.07, 6.45) is 4.18. The molecule has 0 aromatic carbocycles. The van der Waals surface area contributed by atoms with Crippen molar-refractivity contribution in [3.63, 3.8) is 0 Å². The summed E-state index contributed by atoms with van der Waals surface area (Å²) >= 11 is 0. The van der Waals surface area contributed by atoms with Gasteiger partial charge in [-0.1, -0.05) is 13.0 Å². The first-order valence-corrected chi connectivity index (χ1v) is 6.97. The van der Waals surface area contributed by atoms with Crippen LogP contribution in [0.2, 0.25) is 0 Å². The Bertz CT molecular complexity index is 353. The molecule has 1 saturated heterocycles. The third-order valence-electron chi connectivity index (χ3n) is 3.15. The topological polar surface area (TPSA) is 58.6 Å². The van der Waals surface area contributed by atoms with Gasteiger partial charge in [0.25, 0.3) is 0 Å². The highest BCUT2D eigenvalue weighted by atomic mass is 16.5. The van der Waals surface area contributed by atoms with Gasteiger partial charge in [-0.2, -0.15) is 0 Å². The lowest BCUT2D eigenvalue weighted by Gasteiger charge is -2.33. The Morgan fingerprint density at radius 3 is 2.79 bits per heavy atom. The average Bonchev–Trinajstić information content (AvgIpc) is 2.38. The van der Waals surface area contributed by atoms with E-state index in [1.54, 1.807) is 6.92 Å². The van der Waals surface area contributed by atoms with Crippen LogP contribution in [0, 0.1) is 0 Å². The second-order valence-corrected chi connectivity index (χ2v) is 4.75. The van der Waals surface area contributed by atoms with Crippen LogP contribution in [0.1, 0.15) is 40.0 Å². The molecule has 0 aromatic rings. The molecule has 0 unspecified atom stereocenters. The highest BCUT2D eigenvalue weighted by Crippen LogP contribution is 2.13. The summed E-state index contributed by atoms with van der Waals surface area (Å²) in [4.78, 5) is 25.3. The number of ether oxygens (including phenoxy) is 1. The molecule has 1 aliphatic rings. The summed E-state index contributed by atoms with van der Waals surface area (Å²) in [5.74, 6) is 0.0669. The minimum Gasteiger partial charge on any atom is -0.450 e. The smallest absolute Gasteiger partial charge is 0.407 e. The van der Waals surface area contributed by atoms with E-state index in [1.807, 2.05) is 24.8 Å². The van der Waals surface area contributed by atoms with Gasteiger partial charge in [0.15, 0.2) is 0 Å². The van der Waals surface area contributed by atoms with Crippen LogP contribution in [0.4, 0.5) is 4.79 Å². The summed E-state index contributed by atoms with van der Waals surface area (Å²) in [5.41, 5.74) is 0.777. The van der Waals surface area contributed by atoms with Gasteiger partial charge in [-0.05, 0) is 33.1 Å². The third kappa shape index (κ3) is 4.93. The van der Waals surface area contributed by atoms with Crippen molar-refractivity contribution in [1.82, 2.24) is 10.2 Å². The number of rotatable bonds is 4. The van der Waals surface area contributed by atoms with Crippen molar-refractivity contribution in [2.45, 2.75) is 46.1 Å². The fourth-order valence-electron chi connectivity index (χ4n) is 2.26. The van der Waals surface area contributed by atoms with Crippen molar-refractivity contribution in [2.24, 2.45) is 0 Å². The van der Waals surface area contributed by atoms with Crippen molar-refractivity contribution < 1.29 is 14.3 Å². The molecule has 1 atom stereocenters. The van der Waals surface area contributed by atoms with E-state index in [1.165, 1.54) is 0 Å². The van der Waals surface area contributed by atoms with Gasteiger partial charge >= 0.3 is 6.09 Å².